The van der Waals surface area contributed by atoms with Crippen LogP contribution < -0.4 is 20.9 Å². The minimum Gasteiger partial charge on any atom is -0.442 e. The first kappa shape index (κ1) is 14.9. The Bertz CT molecular complexity index is 557. The second-order valence-electron chi connectivity index (χ2n) is 5.57. The highest BCUT2D eigenvalue weighted by Gasteiger charge is 2.32. The minimum atomic E-state index is -0.330. The number of hydrogen-bond acceptors (Lipinski definition) is 4. The van der Waals surface area contributed by atoms with Crippen LogP contribution >= 0.6 is 12.2 Å². The number of amides is 1. The largest absolute Gasteiger partial charge is 0.442 e. The zero-order valence-corrected chi connectivity index (χ0v) is 13.1. The summed E-state index contributed by atoms with van der Waals surface area (Å²) in [6.07, 6.45) is 1.92. The number of benzene rings is 1. The second-order valence-corrected chi connectivity index (χ2v) is 6.01. The van der Waals surface area contributed by atoms with E-state index < -0.39 is 0 Å². The van der Waals surface area contributed by atoms with Crippen LogP contribution in [0.25, 0.3) is 0 Å². The maximum absolute atomic E-state index is 12.0. The molecular formula is C15H20N4O2S. The summed E-state index contributed by atoms with van der Waals surface area (Å²) in [6, 6.07) is 8.07. The van der Waals surface area contributed by atoms with Gasteiger partial charge in [-0.05, 0) is 49.3 Å². The first-order chi connectivity index (χ1) is 10.6. The van der Waals surface area contributed by atoms with E-state index in [1.165, 1.54) is 18.5 Å². The summed E-state index contributed by atoms with van der Waals surface area (Å²) >= 11 is 4.76. The molecule has 0 aromatic heterocycles. The van der Waals surface area contributed by atoms with E-state index in [1.807, 2.05) is 12.1 Å². The molecule has 6 nitrogen and oxygen atoms in total. The normalized spacial score (nSPS) is 21.1. The lowest BCUT2D eigenvalue weighted by molar-refractivity contribution is 0.143. The number of ether oxygens (including phenoxy) is 1. The van der Waals surface area contributed by atoms with Crippen LogP contribution in [0.5, 0.6) is 0 Å². The maximum atomic E-state index is 12.0. The van der Waals surface area contributed by atoms with Gasteiger partial charge in [-0.15, -0.1) is 0 Å². The molecule has 0 spiro atoms. The number of nitrogens with two attached hydrogens (primary N) is 1. The molecule has 3 rings (SSSR count). The molecule has 2 aliphatic heterocycles. The van der Waals surface area contributed by atoms with Gasteiger partial charge in [-0.2, -0.15) is 0 Å². The topological polar surface area (TPSA) is 70.8 Å². The van der Waals surface area contributed by atoms with Crippen LogP contribution in [0.1, 0.15) is 12.8 Å². The van der Waals surface area contributed by atoms with Gasteiger partial charge in [-0.3, -0.25) is 4.90 Å². The molecule has 3 N–H and O–H groups in total. The van der Waals surface area contributed by atoms with Gasteiger partial charge in [-0.25, -0.2) is 4.79 Å². The molecule has 0 bridgehead atoms. The van der Waals surface area contributed by atoms with Crippen molar-refractivity contribution in [3.8, 4) is 0 Å². The van der Waals surface area contributed by atoms with Crippen LogP contribution in [0.3, 0.4) is 0 Å². The lowest BCUT2D eigenvalue weighted by atomic mass is 10.2. The van der Waals surface area contributed by atoms with Crippen LogP contribution in [0.15, 0.2) is 24.3 Å². The standard InChI is InChI=1S/C15H20N4O2S/c16-14(22)17-9-13-10-19(15(20)21-13)12-5-3-11(4-6-12)18-7-1-2-8-18/h3-6,13H,1-2,7-10H2,(H3,16,17,22)/t13-/m0/s1. The quantitative estimate of drug-likeness (QED) is 0.818. The summed E-state index contributed by atoms with van der Waals surface area (Å²) in [6.45, 7) is 3.15. The zero-order valence-electron chi connectivity index (χ0n) is 12.3. The Morgan fingerprint density at radius 1 is 1.27 bits per heavy atom. The average Bonchev–Trinajstić information content (AvgIpc) is 3.15. The van der Waals surface area contributed by atoms with Gasteiger partial charge < -0.3 is 20.7 Å². The Balaban J connectivity index is 1.63. The molecule has 2 heterocycles. The SMILES string of the molecule is NC(=S)NC[C@H]1CN(c2ccc(N3CCCC3)cc2)C(=O)O1. The van der Waals surface area contributed by atoms with Gasteiger partial charge in [0.25, 0.3) is 0 Å². The monoisotopic (exact) mass is 320 g/mol. The lowest BCUT2D eigenvalue weighted by Crippen LogP contribution is -2.37. The summed E-state index contributed by atoms with van der Waals surface area (Å²) in [5, 5.41) is 3.04. The van der Waals surface area contributed by atoms with Crippen molar-refractivity contribution in [2.75, 3.05) is 36.0 Å². The van der Waals surface area contributed by atoms with Crippen LogP contribution in [-0.2, 0) is 4.74 Å². The molecule has 0 unspecified atom stereocenters. The highest BCUT2D eigenvalue weighted by atomic mass is 32.1. The van der Waals surface area contributed by atoms with Crippen molar-refractivity contribution in [3.05, 3.63) is 24.3 Å². The van der Waals surface area contributed by atoms with Gasteiger partial charge in [0.15, 0.2) is 5.11 Å². The highest BCUT2D eigenvalue weighted by molar-refractivity contribution is 7.80. The number of anilines is 2. The highest BCUT2D eigenvalue weighted by Crippen LogP contribution is 2.26. The minimum absolute atomic E-state index is 0.212. The number of cyclic esters (lactones) is 1. The Kier molecular flexibility index (Phi) is 4.33. The molecule has 2 aliphatic rings. The molecule has 2 fully saturated rings. The molecule has 118 valence electrons. The fourth-order valence-corrected chi connectivity index (χ4v) is 2.96. The molecule has 1 aromatic carbocycles. The van der Waals surface area contributed by atoms with Gasteiger partial charge >= 0.3 is 6.09 Å². The number of carbonyl (C=O) groups is 1. The van der Waals surface area contributed by atoms with Crippen molar-refractivity contribution in [2.45, 2.75) is 18.9 Å². The Morgan fingerprint density at radius 2 is 1.91 bits per heavy atom. The van der Waals surface area contributed by atoms with Gasteiger partial charge in [0.1, 0.15) is 6.10 Å². The maximum Gasteiger partial charge on any atom is 0.414 e. The van der Waals surface area contributed by atoms with Gasteiger partial charge in [0.05, 0.1) is 13.1 Å². The Labute approximate surface area is 135 Å². The van der Waals surface area contributed by atoms with Gasteiger partial charge in [0, 0.05) is 24.5 Å². The first-order valence-electron chi connectivity index (χ1n) is 7.50. The molecule has 1 atom stereocenters. The summed E-state index contributed by atoms with van der Waals surface area (Å²) in [5.74, 6) is 0. The number of nitrogens with zero attached hydrogens (tertiary/aromatic N) is 2. The number of rotatable bonds is 4. The van der Waals surface area contributed by atoms with Crippen molar-refractivity contribution < 1.29 is 9.53 Å². The Morgan fingerprint density at radius 3 is 2.55 bits per heavy atom. The smallest absolute Gasteiger partial charge is 0.414 e. The van der Waals surface area contributed by atoms with E-state index in [0.717, 1.165) is 18.8 Å². The van der Waals surface area contributed by atoms with Gasteiger partial charge in [0.2, 0.25) is 0 Å². The lowest BCUT2D eigenvalue weighted by Gasteiger charge is -2.19. The summed E-state index contributed by atoms with van der Waals surface area (Å²) in [7, 11) is 0. The van der Waals surface area contributed by atoms with E-state index in [-0.39, 0.29) is 17.3 Å². The van der Waals surface area contributed by atoms with Crippen LogP contribution in [0.4, 0.5) is 16.2 Å². The summed E-state index contributed by atoms with van der Waals surface area (Å²) in [5.41, 5.74) is 7.45. The third-order valence-corrected chi connectivity index (χ3v) is 4.15. The van der Waals surface area contributed by atoms with Crippen molar-refractivity contribution in [2.24, 2.45) is 5.73 Å². The number of carbonyl (C=O) groups excluding carboxylic acids is 1. The Hall–Kier alpha value is -2.02. The molecule has 0 radical (unpaired) electrons. The van der Waals surface area contributed by atoms with Crippen molar-refractivity contribution in [3.63, 3.8) is 0 Å². The van der Waals surface area contributed by atoms with E-state index in [0.29, 0.717) is 13.1 Å². The number of thiocarbonyl (C=S) groups is 1. The number of nitrogens with one attached hydrogen (secondary N) is 1. The van der Waals surface area contributed by atoms with Crippen molar-refractivity contribution in [1.82, 2.24) is 5.32 Å². The fraction of sp³-hybridized carbons (Fsp3) is 0.467. The second kappa shape index (κ2) is 6.39. The van der Waals surface area contributed by atoms with E-state index in [9.17, 15) is 4.79 Å². The van der Waals surface area contributed by atoms with E-state index in [1.54, 1.807) is 4.90 Å². The third-order valence-electron chi connectivity index (χ3n) is 4.01. The molecule has 2 saturated heterocycles. The molecule has 0 aliphatic carbocycles. The fourth-order valence-electron chi connectivity index (χ4n) is 2.87. The molecule has 22 heavy (non-hydrogen) atoms. The van der Waals surface area contributed by atoms with Crippen molar-refractivity contribution >= 4 is 34.8 Å². The first-order valence-corrected chi connectivity index (χ1v) is 7.91. The van der Waals surface area contributed by atoms with E-state index in [2.05, 4.69) is 22.3 Å². The molecular weight excluding hydrogens is 300 g/mol. The predicted molar refractivity (Wildman–Crippen MR) is 90.3 cm³/mol. The van der Waals surface area contributed by atoms with E-state index >= 15 is 0 Å². The van der Waals surface area contributed by atoms with Gasteiger partial charge in [-0.1, -0.05) is 0 Å². The van der Waals surface area contributed by atoms with Crippen molar-refractivity contribution in [1.29, 1.82) is 0 Å². The molecule has 1 amide bonds. The van der Waals surface area contributed by atoms with E-state index in [4.69, 9.17) is 22.7 Å². The molecule has 1 aromatic rings. The molecule has 7 heteroatoms. The van der Waals surface area contributed by atoms with Crippen LogP contribution in [0.2, 0.25) is 0 Å². The predicted octanol–water partition coefficient (Wildman–Crippen LogP) is 1.45. The summed E-state index contributed by atoms with van der Waals surface area (Å²) < 4.78 is 5.31. The van der Waals surface area contributed by atoms with Crippen LogP contribution in [-0.4, -0.2) is 43.5 Å². The number of hydrogen-bond donors (Lipinski definition) is 2. The van der Waals surface area contributed by atoms with Crippen LogP contribution in [0, 0.1) is 0 Å². The zero-order chi connectivity index (χ0) is 15.5. The average molecular weight is 320 g/mol. The third kappa shape index (κ3) is 3.24. The molecule has 0 saturated carbocycles. The summed E-state index contributed by atoms with van der Waals surface area (Å²) in [4.78, 5) is 16.0.